The molecule has 2 aromatic heterocycles. The van der Waals surface area contributed by atoms with Crippen LogP contribution in [0, 0.1) is 10.1 Å². The van der Waals surface area contributed by atoms with Crippen molar-refractivity contribution in [1.82, 2.24) is 24.9 Å². The van der Waals surface area contributed by atoms with Gasteiger partial charge in [0.1, 0.15) is 11.3 Å². The van der Waals surface area contributed by atoms with Crippen LogP contribution in [-0.2, 0) is 0 Å². The van der Waals surface area contributed by atoms with Crippen molar-refractivity contribution >= 4 is 28.2 Å². The summed E-state index contributed by atoms with van der Waals surface area (Å²) in [6, 6.07) is 18.3. The Kier molecular flexibility index (Phi) is 5.57. The van der Waals surface area contributed by atoms with Crippen LogP contribution in [0.5, 0.6) is 0 Å². The minimum Gasteiger partial charge on any atom is -0.369 e. The van der Waals surface area contributed by atoms with Gasteiger partial charge in [0.2, 0.25) is 0 Å². The Balaban J connectivity index is 1.67. The summed E-state index contributed by atoms with van der Waals surface area (Å²) in [6.07, 6.45) is 1.15. The van der Waals surface area contributed by atoms with Crippen molar-refractivity contribution in [2.75, 3.05) is 43.4 Å². The van der Waals surface area contributed by atoms with Gasteiger partial charge in [-0.15, -0.1) is 5.10 Å². The Morgan fingerprint density at radius 2 is 1.82 bits per heavy atom. The number of anilines is 2. The van der Waals surface area contributed by atoms with Gasteiger partial charge in [-0.25, -0.2) is 9.67 Å². The van der Waals surface area contributed by atoms with Crippen LogP contribution < -0.4 is 10.2 Å². The Morgan fingerprint density at radius 3 is 2.58 bits per heavy atom. The number of non-ortho nitro benzene ring substituents is 1. The lowest BCUT2D eigenvalue weighted by molar-refractivity contribution is -0.384. The smallest absolute Gasteiger partial charge is 0.270 e. The fraction of sp³-hybridized carbons (Fsp3) is 0.261. The molecule has 1 N–H and O–H groups in total. The van der Waals surface area contributed by atoms with Crippen LogP contribution in [0.3, 0.4) is 0 Å². The zero-order valence-electron chi connectivity index (χ0n) is 18.2. The molecule has 0 aliphatic carbocycles. The fourth-order valence-corrected chi connectivity index (χ4v) is 4.15. The number of para-hydroxylation sites is 1. The fourth-order valence-electron chi connectivity index (χ4n) is 4.15. The number of rotatable bonds is 6. The van der Waals surface area contributed by atoms with Gasteiger partial charge in [0, 0.05) is 55.8 Å². The van der Waals surface area contributed by atoms with Crippen LogP contribution >= 0.6 is 0 Å². The van der Waals surface area contributed by atoms with Crippen molar-refractivity contribution in [2.24, 2.45) is 0 Å². The molecule has 1 atom stereocenters. The van der Waals surface area contributed by atoms with E-state index in [0.717, 1.165) is 48.5 Å². The number of hydrogen-bond donors (Lipinski definition) is 1. The van der Waals surface area contributed by atoms with E-state index in [0.29, 0.717) is 5.82 Å². The summed E-state index contributed by atoms with van der Waals surface area (Å²) in [5.41, 5.74) is 3.27. The van der Waals surface area contributed by atoms with Crippen molar-refractivity contribution in [3.8, 4) is 0 Å². The van der Waals surface area contributed by atoms with Crippen molar-refractivity contribution in [3.63, 3.8) is 0 Å². The summed E-state index contributed by atoms with van der Waals surface area (Å²) in [4.78, 5) is 20.3. The number of nitro groups is 1. The van der Waals surface area contributed by atoms with Crippen LogP contribution in [0.2, 0.25) is 0 Å². The van der Waals surface area contributed by atoms with E-state index in [9.17, 15) is 10.1 Å². The molecule has 5 rings (SSSR count). The van der Waals surface area contributed by atoms with Gasteiger partial charge < -0.3 is 15.1 Å². The third-order valence-electron chi connectivity index (χ3n) is 5.93. The Labute approximate surface area is 190 Å². The highest BCUT2D eigenvalue weighted by atomic mass is 16.6. The maximum absolute atomic E-state index is 11.7. The molecule has 1 aliphatic rings. The molecule has 2 aromatic carbocycles. The van der Waals surface area contributed by atoms with Gasteiger partial charge in [-0.3, -0.25) is 10.1 Å². The van der Waals surface area contributed by atoms with E-state index in [-0.39, 0.29) is 10.6 Å². The van der Waals surface area contributed by atoms with E-state index in [1.54, 1.807) is 23.0 Å². The summed E-state index contributed by atoms with van der Waals surface area (Å²) in [7, 11) is 2.10. The van der Waals surface area contributed by atoms with Crippen LogP contribution in [0.25, 0.3) is 11.0 Å². The molecular formula is C23H24N8O2. The first-order valence-electron chi connectivity index (χ1n) is 10.8. The number of piperazine rings is 1. The van der Waals surface area contributed by atoms with Gasteiger partial charge in [-0.1, -0.05) is 23.4 Å². The van der Waals surface area contributed by atoms with Crippen molar-refractivity contribution < 1.29 is 4.92 Å². The molecule has 0 bridgehead atoms. The summed E-state index contributed by atoms with van der Waals surface area (Å²) in [6.45, 7) is 3.49. The number of nitrogens with zero attached hydrogens (tertiary/aromatic N) is 7. The molecule has 10 nitrogen and oxygen atoms in total. The first-order chi connectivity index (χ1) is 16.1. The molecule has 0 saturated carbocycles. The minimum absolute atomic E-state index is 0.0279. The second-order valence-corrected chi connectivity index (χ2v) is 8.08. The molecule has 10 heteroatoms. The highest BCUT2D eigenvalue weighted by Crippen LogP contribution is 2.34. The molecule has 1 aliphatic heterocycles. The SMILES string of the molecule is CN1CCN(c2ccc([N+](=O)[O-])cc2C(Nc2ccccn2)n2nnc3ccccc32)CC1. The number of likely N-dealkylation sites (N-methyl/N-ethyl adjacent to an activating group) is 1. The van der Waals surface area contributed by atoms with Crippen LogP contribution in [0.4, 0.5) is 17.2 Å². The quantitative estimate of drug-likeness (QED) is 0.357. The lowest BCUT2D eigenvalue weighted by Gasteiger charge is -2.36. The van der Waals surface area contributed by atoms with Gasteiger partial charge in [0.05, 0.1) is 10.4 Å². The second-order valence-electron chi connectivity index (χ2n) is 8.08. The zero-order valence-corrected chi connectivity index (χ0v) is 18.2. The number of nitro benzene ring substituents is 1. The molecule has 33 heavy (non-hydrogen) atoms. The molecular weight excluding hydrogens is 420 g/mol. The number of aromatic nitrogens is 4. The lowest BCUT2D eigenvalue weighted by Crippen LogP contribution is -2.45. The Morgan fingerprint density at radius 1 is 1.03 bits per heavy atom. The van der Waals surface area contributed by atoms with Gasteiger partial charge in [0.25, 0.3) is 5.69 Å². The minimum atomic E-state index is -0.554. The van der Waals surface area contributed by atoms with Crippen LogP contribution in [0.1, 0.15) is 11.7 Å². The van der Waals surface area contributed by atoms with E-state index in [1.807, 2.05) is 48.5 Å². The number of hydrogen-bond acceptors (Lipinski definition) is 8. The maximum Gasteiger partial charge on any atom is 0.270 e. The predicted molar refractivity (Wildman–Crippen MR) is 126 cm³/mol. The van der Waals surface area contributed by atoms with Crippen molar-refractivity contribution in [2.45, 2.75) is 6.17 Å². The molecule has 0 amide bonds. The van der Waals surface area contributed by atoms with E-state index in [4.69, 9.17) is 0 Å². The highest BCUT2D eigenvalue weighted by Gasteiger charge is 2.27. The molecule has 168 valence electrons. The Bertz CT molecular complexity index is 1270. The normalized spacial score (nSPS) is 15.5. The third kappa shape index (κ3) is 4.20. The number of pyridine rings is 1. The average Bonchev–Trinajstić information content (AvgIpc) is 3.27. The molecule has 0 radical (unpaired) electrons. The monoisotopic (exact) mass is 444 g/mol. The zero-order chi connectivity index (χ0) is 22.8. The van der Waals surface area contributed by atoms with E-state index in [1.165, 1.54) is 0 Å². The molecule has 4 aromatic rings. The molecule has 0 spiro atoms. The van der Waals surface area contributed by atoms with Crippen LogP contribution in [-0.4, -0.2) is 63.0 Å². The standard InChI is InChI=1S/C23H24N8O2/c1-28-12-14-29(15-13-28)20-10-9-17(31(32)33)16-18(20)23(25-22-8-4-5-11-24-22)30-21-7-3-2-6-19(21)26-27-30/h2-11,16,23H,12-15H2,1H3,(H,24,25). The largest absolute Gasteiger partial charge is 0.369 e. The topological polar surface area (TPSA) is 105 Å². The lowest BCUT2D eigenvalue weighted by atomic mass is 10.1. The van der Waals surface area contributed by atoms with Gasteiger partial charge in [0.15, 0.2) is 6.17 Å². The predicted octanol–water partition coefficient (Wildman–Crippen LogP) is 3.15. The highest BCUT2D eigenvalue weighted by molar-refractivity contribution is 5.75. The van der Waals surface area contributed by atoms with Gasteiger partial charge >= 0.3 is 0 Å². The van der Waals surface area contributed by atoms with Crippen LogP contribution in [0.15, 0.2) is 66.9 Å². The summed E-state index contributed by atoms with van der Waals surface area (Å²) in [5, 5.41) is 23.9. The molecule has 1 saturated heterocycles. The number of benzene rings is 2. The first kappa shape index (κ1) is 20.8. The molecule has 1 fully saturated rings. The number of fused-ring (bicyclic) bond motifs is 1. The van der Waals surface area contributed by atoms with Gasteiger partial charge in [-0.05, 0) is 37.4 Å². The summed E-state index contributed by atoms with van der Waals surface area (Å²) in [5.74, 6) is 0.637. The van der Waals surface area contributed by atoms with E-state index in [2.05, 4.69) is 37.5 Å². The summed E-state index contributed by atoms with van der Waals surface area (Å²) < 4.78 is 1.77. The Hall–Kier alpha value is -4.05. The molecule has 1 unspecified atom stereocenters. The first-order valence-corrected chi connectivity index (χ1v) is 10.8. The maximum atomic E-state index is 11.7. The third-order valence-corrected chi connectivity index (χ3v) is 5.93. The molecule has 3 heterocycles. The van der Waals surface area contributed by atoms with Crippen molar-refractivity contribution in [3.05, 3.63) is 82.5 Å². The number of nitrogens with one attached hydrogen (secondary N) is 1. The van der Waals surface area contributed by atoms with E-state index >= 15 is 0 Å². The van der Waals surface area contributed by atoms with Crippen molar-refractivity contribution in [1.29, 1.82) is 0 Å². The van der Waals surface area contributed by atoms with E-state index < -0.39 is 6.17 Å². The van der Waals surface area contributed by atoms with Gasteiger partial charge in [-0.2, -0.15) is 0 Å². The summed E-state index contributed by atoms with van der Waals surface area (Å²) >= 11 is 0. The average molecular weight is 444 g/mol. The second kappa shape index (κ2) is 8.83.